The third-order valence-electron chi connectivity index (χ3n) is 2.80. The molecule has 1 heteroatoms. The summed E-state index contributed by atoms with van der Waals surface area (Å²) in [5.74, 6) is 1.05. The lowest BCUT2D eigenvalue weighted by Crippen LogP contribution is -2.30. The molecule has 0 atom stereocenters. The van der Waals surface area contributed by atoms with E-state index in [1.165, 1.54) is 45.2 Å². The lowest BCUT2D eigenvalue weighted by molar-refractivity contribution is 0.210. The minimum atomic E-state index is 1.05. The Hall–Kier alpha value is -0.0400. The lowest BCUT2D eigenvalue weighted by atomic mass is 9.92. The Morgan fingerprint density at radius 2 is 1.69 bits per heavy atom. The Morgan fingerprint density at radius 1 is 1.15 bits per heavy atom. The number of rotatable bonds is 3. The van der Waals surface area contributed by atoms with Gasteiger partial charge in [-0.2, -0.15) is 0 Å². The van der Waals surface area contributed by atoms with Crippen molar-refractivity contribution in [3.8, 4) is 0 Å². The van der Waals surface area contributed by atoms with Gasteiger partial charge in [-0.25, -0.2) is 0 Å². The smallest absolute Gasteiger partial charge is 0.00191 e. The van der Waals surface area contributed by atoms with Crippen LogP contribution in [-0.2, 0) is 0 Å². The molecule has 1 fully saturated rings. The highest BCUT2D eigenvalue weighted by atomic mass is 15.1. The molecule has 1 aliphatic heterocycles. The van der Waals surface area contributed by atoms with E-state index in [2.05, 4.69) is 18.9 Å². The molecule has 0 aromatic rings. The molecule has 0 bridgehead atoms. The van der Waals surface area contributed by atoms with Crippen molar-refractivity contribution >= 4 is 0 Å². The predicted molar refractivity (Wildman–Crippen MR) is 61.1 cm³/mol. The van der Waals surface area contributed by atoms with Crippen LogP contribution >= 0.6 is 0 Å². The van der Waals surface area contributed by atoms with Crippen molar-refractivity contribution in [3.63, 3.8) is 0 Å². The summed E-state index contributed by atoms with van der Waals surface area (Å²) in [6, 6.07) is 0. The summed E-state index contributed by atoms with van der Waals surface area (Å²) in [5.41, 5.74) is 0. The summed E-state index contributed by atoms with van der Waals surface area (Å²) in [6.45, 7) is 8.94. The molecule has 0 aliphatic carbocycles. The highest BCUT2D eigenvalue weighted by Crippen LogP contribution is 2.21. The normalized spacial score (nSPS) is 19.4. The standard InChI is InChI=1S/C10H21N.C2H6/c1-3-4-5-10-6-8-11(2)9-7-10;1-2/h10H,3-9H2,1-2H3;1-2H3. The molecule has 0 radical (unpaired) electrons. The number of hydrogen-bond acceptors (Lipinski definition) is 1. The summed E-state index contributed by atoms with van der Waals surface area (Å²) in [7, 11) is 2.23. The van der Waals surface area contributed by atoms with Crippen LogP contribution in [0.1, 0.15) is 52.9 Å². The monoisotopic (exact) mass is 185 g/mol. The Morgan fingerprint density at radius 3 is 2.15 bits per heavy atom. The number of hydrogen-bond donors (Lipinski definition) is 0. The number of nitrogens with zero attached hydrogens (tertiary/aromatic N) is 1. The Kier molecular flexibility index (Phi) is 8.53. The van der Waals surface area contributed by atoms with Gasteiger partial charge in [0.15, 0.2) is 0 Å². The Bertz CT molecular complexity index is 90.5. The van der Waals surface area contributed by atoms with Crippen LogP contribution in [-0.4, -0.2) is 25.0 Å². The maximum Gasteiger partial charge on any atom is -0.00191 e. The average Bonchev–Trinajstić information content (AvgIpc) is 2.20. The van der Waals surface area contributed by atoms with Crippen LogP contribution in [0.4, 0.5) is 0 Å². The summed E-state index contributed by atoms with van der Waals surface area (Å²) in [4.78, 5) is 2.45. The van der Waals surface area contributed by atoms with Crippen molar-refractivity contribution in [2.45, 2.75) is 52.9 Å². The van der Waals surface area contributed by atoms with Crippen LogP contribution in [0, 0.1) is 5.92 Å². The van der Waals surface area contributed by atoms with Gasteiger partial charge in [-0.05, 0) is 38.9 Å². The quantitative estimate of drug-likeness (QED) is 0.650. The molecule has 13 heavy (non-hydrogen) atoms. The van der Waals surface area contributed by atoms with E-state index in [9.17, 15) is 0 Å². The van der Waals surface area contributed by atoms with E-state index in [1.54, 1.807) is 0 Å². The lowest BCUT2D eigenvalue weighted by Gasteiger charge is -2.28. The van der Waals surface area contributed by atoms with E-state index >= 15 is 0 Å². The molecule has 0 N–H and O–H groups in total. The van der Waals surface area contributed by atoms with Gasteiger partial charge in [-0.15, -0.1) is 0 Å². The van der Waals surface area contributed by atoms with Gasteiger partial charge in [0.05, 0.1) is 0 Å². The molecule has 0 aromatic heterocycles. The first-order valence-electron chi connectivity index (χ1n) is 6.01. The number of unbranched alkanes of at least 4 members (excludes halogenated alkanes) is 1. The SMILES string of the molecule is CC.CCCCC1CCN(C)CC1. The topological polar surface area (TPSA) is 3.24 Å². The van der Waals surface area contributed by atoms with Gasteiger partial charge in [0.25, 0.3) is 0 Å². The molecule has 1 rings (SSSR count). The molecule has 0 saturated carbocycles. The van der Waals surface area contributed by atoms with Crippen LogP contribution in [0.3, 0.4) is 0 Å². The molecular formula is C12H27N. The summed E-state index contributed by atoms with van der Waals surface area (Å²) in [5, 5.41) is 0. The minimum absolute atomic E-state index is 1.05. The van der Waals surface area contributed by atoms with Gasteiger partial charge >= 0.3 is 0 Å². The van der Waals surface area contributed by atoms with Crippen molar-refractivity contribution in [1.29, 1.82) is 0 Å². The third kappa shape index (κ3) is 6.09. The third-order valence-corrected chi connectivity index (χ3v) is 2.80. The molecular weight excluding hydrogens is 158 g/mol. The maximum absolute atomic E-state index is 2.45. The maximum atomic E-state index is 2.45. The average molecular weight is 185 g/mol. The zero-order chi connectivity index (χ0) is 10.1. The summed E-state index contributed by atoms with van der Waals surface area (Å²) >= 11 is 0. The zero-order valence-electron chi connectivity index (χ0n) is 9.97. The van der Waals surface area contributed by atoms with Gasteiger partial charge in [0, 0.05) is 0 Å². The van der Waals surface area contributed by atoms with Gasteiger partial charge in [-0.1, -0.05) is 40.0 Å². The molecule has 1 saturated heterocycles. The highest BCUT2D eigenvalue weighted by molar-refractivity contribution is 4.69. The van der Waals surface area contributed by atoms with Gasteiger partial charge in [0.1, 0.15) is 0 Å². The molecule has 1 nitrogen and oxygen atoms in total. The van der Waals surface area contributed by atoms with Crippen LogP contribution in [0.2, 0.25) is 0 Å². The second kappa shape index (κ2) is 8.55. The molecule has 1 heterocycles. The van der Waals surface area contributed by atoms with E-state index in [1.807, 2.05) is 13.8 Å². The van der Waals surface area contributed by atoms with Crippen LogP contribution < -0.4 is 0 Å². The van der Waals surface area contributed by atoms with Crippen LogP contribution in [0.25, 0.3) is 0 Å². The van der Waals surface area contributed by atoms with Crippen molar-refractivity contribution < 1.29 is 0 Å². The summed E-state index contributed by atoms with van der Waals surface area (Å²) in [6.07, 6.45) is 7.16. The van der Waals surface area contributed by atoms with Gasteiger partial charge in [0.2, 0.25) is 0 Å². The molecule has 1 aliphatic rings. The number of likely N-dealkylation sites (tertiary alicyclic amines) is 1. The van der Waals surface area contributed by atoms with E-state index in [0.717, 1.165) is 5.92 Å². The van der Waals surface area contributed by atoms with E-state index < -0.39 is 0 Å². The van der Waals surface area contributed by atoms with E-state index in [4.69, 9.17) is 0 Å². The first-order valence-corrected chi connectivity index (χ1v) is 6.01. The predicted octanol–water partition coefficient (Wildman–Crippen LogP) is 3.54. The Balaban J connectivity index is 0.000000671. The van der Waals surface area contributed by atoms with Crippen LogP contribution in [0.5, 0.6) is 0 Å². The summed E-state index contributed by atoms with van der Waals surface area (Å²) < 4.78 is 0. The largest absolute Gasteiger partial charge is 0.306 e. The van der Waals surface area contributed by atoms with E-state index in [0.29, 0.717) is 0 Å². The highest BCUT2D eigenvalue weighted by Gasteiger charge is 2.15. The van der Waals surface area contributed by atoms with Gasteiger partial charge in [-0.3, -0.25) is 0 Å². The number of piperidine rings is 1. The zero-order valence-corrected chi connectivity index (χ0v) is 9.97. The molecule has 0 amide bonds. The first kappa shape index (κ1) is 13.0. The fraction of sp³-hybridized carbons (Fsp3) is 1.00. The van der Waals surface area contributed by atoms with E-state index in [-0.39, 0.29) is 0 Å². The second-order valence-electron chi connectivity index (χ2n) is 3.89. The van der Waals surface area contributed by atoms with Crippen molar-refractivity contribution in [3.05, 3.63) is 0 Å². The molecule has 0 aromatic carbocycles. The van der Waals surface area contributed by atoms with Crippen LogP contribution in [0.15, 0.2) is 0 Å². The molecule has 80 valence electrons. The van der Waals surface area contributed by atoms with Crippen molar-refractivity contribution in [1.82, 2.24) is 4.90 Å². The minimum Gasteiger partial charge on any atom is -0.306 e. The second-order valence-corrected chi connectivity index (χ2v) is 3.89. The first-order chi connectivity index (χ1) is 6.33. The van der Waals surface area contributed by atoms with Gasteiger partial charge < -0.3 is 4.90 Å². The Labute approximate surface area is 84.5 Å². The van der Waals surface area contributed by atoms with Crippen molar-refractivity contribution in [2.24, 2.45) is 5.92 Å². The van der Waals surface area contributed by atoms with Crippen molar-refractivity contribution in [2.75, 3.05) is 20.1 Å². The fourth-order valence-corrected chi connectivity index (χ4v) is 1.84. The fourth-order valence-electron chi connectivity index (χ4n) is 1.84. The molecule has 0 unspecified atom stereocenters. The molecule has 0 spiro atoms.